The molecule has 2 atom stereocenters. The van der Waals surface area contributed by atoms with Gasteiger partial charge in [0.15, 0.2) is 5.96 Å². The zero-order valence-corrected chi connectivity index (χ0v) is 17.7. The minimum Gasteiger partial charge on any atom is -0.369 e. The fraction of sp³-hybridized carbons (Fsp3) is 0.696. The molecule has 1 saturated carbocycles. The molecule has 1 saturated heterocycles. The third kappa shape index (κ3) is 4.63. The van der Waals surface area contributed by atoms with Crippen LogP contribution in [-0.2, 0) is 11.3 Å². The standard InChI is InChI=1S/C23H35N5O/c1-27-21(29)23(26-22(27)24,12-10-18-7-3-2-4-8-18)15-19-11-14-28(16-19)17-20-9-5-6-13-25-20/h5-6,9,13,18-19H,2-4,7-8,10-12,14-17H2,1H3,(H2,24,26)/t19-,23-/m0/s1. The van der Waals surface area contributed by atoms with E-state index < -0.39 is 5.54 Å². The average molecular weight is 398 g/mol. The minimum atomic E-state index is -0.637. The van der Waals surface area contributed by atoms with E-state index in [0.29, 0.717) is 11.9 Å². The Labute approximate surface area is 174 Å². The molecule has 29 heavy (non-hydrogen) atoms. The van der Waals surface area contributed by atoms with Crippen molar-refractivity contribution in [2.75, 3.05) is 20.1 Å². The molecule has 3 aliphatic rings. The molecule has 2 aliphatic heterocycles. The van der Waals surface area contributed by atoms with E-state index in [1.54, 1.807) is 11.9 Å². The predicted octanol–water partition coefficient (Wildman–Crippen LogP) is 3.18. The van der Waals surface area contributed by atoms with Crippen LogP contribution in [0.1, 0.15) is 63.5 Å². The molecule has 0 aromatic carbocycles. The first-order valence-electron chi connectivity index (χ1n) is 11.3. The molecule has 0 radical (unpaired) electrons. The van der Waals surface area contributed by atoms with E-state index in [1.165, 1.54) is 32.1 Å². The summed E-state index contributed by atoms with van der Waals surface area (Å²) in [5, 5.41) is 0. The maximum absolute atomic E-state index is 13.2. The summed E-state index contributed by atoms with van der Waals surface area (Å²) in [6.07, 6.45) is 12.4. The first-order valence-corrected chi connectivity index (χ1v) is 11.3. The maximum atomic E-state index is 13.2. The van der Waals surface area contributed by atoms with Crippen molar-refractivity contribution in [1.29, 1.82) is 0 Å². The second-order valence-corrected chi connectivity index (χ2v) is 9.32. The van der Waals surface area contributed by atoms with Crippen LogP contribution in [0, 0.1) is 11.8 Å². The van der Waals surface area contributed by atoms with Crippen molar-refractivity contribution in [3.05, 3.63) is 30.1 Å². The summed E-state index contributed by atoms with van der Waals surface area (Å²) in [7, 11) is 1.77. The molecule has 2 fully saturated rings. The number of likely N-dealkylation sites (tertiary alicyclic amines) is 1. The van der Waals surface area contributed by atoms with E-state index in [-0.39, 0.29) is 5.91 Å². The summed E-state index contributed by atoms with van der Waals surface area (Å²) in [5.41, 5.74) is 6.57. The lowest BCUT2D eigenvalue weighted by Gasteiger charge is -2.30. The monoisotopic (exact) mass is 397 g/mol. The normalized spacial score (nSPS) is 28.9. The fourth-order valence-electron chi connectivity index (χ4n) is 5.50. The Kier molecular flexibility index (Phi) is 6.18. The minimum absolute atomic E-state index is 0.106. The van der Waals surface area contributed by atoms with Gasteiger partial charge in [0.05, 0.1) is 5.69 Å². The smallest absolute Gasteiger partial charge is 0.257 e. The number of aromatic nitrogens is 1. The second kappa shape index (κ2) is 8.82. The molecule has 6 nitrogen and oxygen atoms in total. The molecule has 4 rings (SSSR count). The Morgan fingerprint density at radius 1 is 1.17 bits per heavy atom. The van der Waals surface area contributed by atoms with Crippen LogP contribution >= 0.6 is 0 Å². The van der Waals surface area contributed by atoms with Gasteiger partial charge in [0, 0.05) is 26.3 Å². The summed E-state index contributed by atoms with van der Waals surface area (Å²) in [6.45, 7) is 2.95. The first-order chi connectivity index (χ1) is 14.1. The quantitative estimate of drug-likeness (QED) is 0.767. The van der Waals surface area contributed by atoms with Crippen LogP contribution in [0.4, 0.5) is 0 Å². The number of nitrogens with two attached hydrogens (primary N) is 1. The molecule has 3 heterocycles. The summed E-state index contributed by atoms with van der Waals surface area (Å²) in [4.78, 5) is 26.4. The van der Waals surface area contributed by atoms with Gasteiger partial charge in [-0.25, -0.2) is 4.99 Å². The summed E-state index contributed by atoms with van der Waals surface area (Å²) in [6, 6.07) is 6.08. The summed E-state index contributed by atoms with van der Waals surface area (Å²) < 4.78 is 0. The number of guanidine groups is 1. The Balaban J connectivity index is 1.40. The van der Waals surface area contributed by atoms with Gasteiger partial charge in [-0.2, -0.15) is 0 Å². The number of hydrogen-bond acceptors (Lipinski definition) is 5. The van der Waals surface area contributed by atoms with Crippen LogP contribution < -0.4 is 5.73 Å². The third-order valence-electron chi connectivity index (χ3n) is 7.17. The molecular weight excluding hydrogens is 362 g/mol. The molecule has 158 valence electrons. The van der Waals surface area contributed by atoms with E-state index in [4.69, 9.17) is 10.7 Å². The molecule has 1 aliphatic carbocycles. The SMILES string of the molecule is CN1C(=O)[C@](CCC2CCCCC2)(C[C@@H]2CCN(Cc3ccccn3)C2)N=C1N. The average Bonchev–Trinajstić information content (AvgIpc) is 3.26. The Morgan fingerprint density at radius 3 is 2.69 bits per heavy atom. The van der Waals surface area contributed by atoms with E-state index >= 15 is 0 Å². The van der Waals surface area contributed by atoms with Crippen molar-refractivity contribution in [1.82, 2.24) is 14.8 Å². The highest BCUT2D eigenvalue weighted by atomic mass is 16.2. The van der Waals surface area contributed by atoms with Crippen LogP contribution in [0.2, 0.25) is 0 Å². The van der Waals surface area contributed by atoms with Gasteiger partial charge in [0.25, 0.3) is 5.91 Å². The first kappa shape index (κ1) is 20.3. The van der Waals surface area contributed by atoms with Gasteiger partial charge in [0.2, 0.25) is 0 Å². The molecule has 2 N–H and O–H groups in total. The van der Waals surface area contributed by atoms with Crippen molar-refractivity contribution in [3.63, 3.8) is 0 Å². The lowest BCUT2D eigenvalue weighted by molar-refractivity contribution is -0.131. The number of amides is 1. The molecule has 1 aromatic rings. The molecule has 0 spiro atoms. The van der Waals surface area contributed by atoms with Crippen molar-refractivity contribution >= 4 is 11.9 Å². The van der Waals surface area contributed by atoms with Gasteiger partial charge in [0.1, 0.15) is 5.54 Å². The van der Waals surface area contributed by atoms with E-state index in [1.807, 2.05) is 18.3 Å². The molecule has 1 amide bonds. The molecule has 0 unspecified atom stereocenters. The largest absolute Gasteiger partial charge is 0.369 e. The van der Waals surface area contributed by atoms with E-state index in [9.17, 15) is 4.79 Å². The van der Waals surface area contributed by atoms with Crippen LogP contribution in [0.5, 0.6) is 0 Å². The number of carbonyl (C=O) groups excluding carboxylic acids is 1. The lowest BCUT2D eigenvalue weighted by atomic mass is 9.78. The summed E-state index contributed by atoms with van der Waals surface area (Å²) >= 11 is 0. The second-order valence-electron chi connectivity index (χ2n) is 9.32. The molecule has 6 heteroatoms. The highest BCUT2D eigenvalue weighted by molar-refractivity contribution is 6.06. The Bertz CT molecular complexity index is 730. The van der Waals surface area contributed by atoms with Crippen molar-refractivity contribution in [2.45, 2.75) is 69.9 Å². The van der Waals surface area contributed by atoms with Gasteiger partial charge in [-0.1, -0.05) is 38.2 Å². The number of pyridine rings is 1. The van der Waals surface area contributed by atoms with Crippen molar-refractivity contribution in [3.8, 4) is 0 Å². The van der Waals surface area contributed by atoms with Crippen LogP contribution in [0.15, 0.2) is 29.4 Å². The number of carbonyl (C=O) groups is 1. The number of likely N-dealkylation sites (N-methyl/N-ethyl adjacent to an activating group) is 1. The van der Waals surface area contributed by atoms with Crippen LogP contribution in [0.25, 0.3) is 0 Å². The van der Waals surface area contributed by atoms with Crippen LogP contribution in [0.3, 0.4) is 0 Å². The Hall–Kier alpha value is -1.95. The molecular formula is C23H35N5O. The van der Waals surface area contributed by atoms with Gasteiger partial charge < -0.3 is 5.73 Å². The zero-order chi connectivity index (χ0) is 20.3. The topological polar surface area (TPSA) is 74.8 Å². The molecule has 0 bridgehead atoms. The van der Waals surface area contributed by atoms with Crippen molar-refractivity contribution in [2.24, 2.45) is 22.6 Å². The highest BCUT2D eigenvalue weighted by Crippen LogP contribution is 2.39. The van der Waals surface area contributed by atoms with E-state index in [2.05, 4.69) is 16.0 Å². The number of aliphatic imine (C=N–C) groups is 1. The van der Waals surface area contributed by atoms with Crippen molar-refractivity contribution < 1.29 is 4.79 Å². The third-order valence-corrected chi connectivity index (χ3v) is 7.17. The summed E-state index contributed by atoms with van der Waals surface area (Å²) in [5.74, 6) is 1.73. The fourth-order valence-corrected chi connectivity index (χ4v) is 5.50. The predicted molar refractivity (Wildman–Crippen MR) is 115 cm³/mol. The number of rotatable bonds is 7. The lowest BCUT2D eigenvalue weighted by Crippen LogP contribution is -2.43. The van der Waals surface area contributed by atoms with Crippen LogP contribution in [-0.4, -0.2) is 52.3 Å². The van der Waals surface area contributed by atoms with Gasteiger partial charge in [-0.15, -0.1) is 0 Å². The Morgan fingerprint density at radius 2 is 2.00 bits per heavy atom. The maximum Gasteiger partial charge on any atom is 0.257 e. The highest BCUT2D eigenvalue weighted by Gasteiger charge is 2.48. The molecule has 1 aromatic heterocycles. The zero-order valence-electron chi connectivity index (χ0n) is 17.7. The van der Waals surface area contributed by atoms with Gasteiger partial charge >= 0.3 is 0 Å². The number of nitrogens with zero attached hydrogens (tertiary/aromatic N) is 4. The van der Waals surface area contributed by atoms with Gasteiger partial charge in [-0.3, -0.25) is 19.6 Å². The van der Waals surface area contributed by atoms with Gasteiger partial charge in [-0.05, 0) is 56.2 Å². The van der Waals surface area contributed by atoms with E-state index in [0.717, 1.165) is 56.9 Å². The number of hydrogen-bond donors (Lipinski definition) is 1.